The van der Waals surface area contributed by atoms with E-state index in [4.69, 9.17) is 19.0 Å². The maximum atomic E-state index is 10.2. The summed E-state index contributed by atoms with van der Waals surface area (Å²) in [5.41, 5.74) is 0.0142. The molecular weight excluding hydrogens is 375 g/mol. The molecule has 8 heteroatoms. The summed E-state index contributed by atoms with van der Waals surface area (Å²) in [6.07, 6.45) is 2.35. The largest absolute Gasteiger partial charge is 0.515 e. The second kappa shape index (κ2) is 8.82. The number of ether oxygens (including phenoxy) is 1. The van der Waals surface area contributed by atoms with Gasteiger partial charge in [-0.15, -0.1) is 11.3 Å². The number of carbonyl (C=O) groups is 1. The van der Waals surface area contributed by atoms with E-state index in [0.717, 1.165) is 18.7 Å². The van der Waals surface area contributed by atoms with Crippen LogP contribution in [-0.4, -0.2) is 48.0 Å². The Morgan fingerprint density at radius 2 is 1.75 bits per heavy atom. The first-order chi connectivity index (χ1) is 12.8. The maximum absolute atomic E-state index is 10.2. The van der Waals surface area contributed by atoms with Gasteiger partial charge in [0.25, 0.3) is 0 Å². The standard InChI is InChI=1S/C14H23BN2O2S.C6H12O2/c1-13(2)14(3,4)19-15(18-13)11-9-20-12(17-11)10-5-7-16-8-6-10;1-5(7)8-6(2,3)4/h9-10,16H,5-8H2,1-4H3;1-4H3. The molecule has 0 aliphatic carbocycles. The monoisotopic (exact) mass is 410 g/mol. The zero-order valence-corrected chi connectivity index (χ0v) is 19.4. The number of carbonyl (C=O) groups excluding carboxylic acids is 1. The van der Waals surface area contributed by atoms with Crippen molar-refractivity contribution in [2.75, 3.05) is 13.1 Å². The molecule has 28 heavy (non-hydrogen) atoms. The first kappa shape index (κ1) is 23.3. The Morgan fingerprint density at radius 1 is 1.21 bits per heavy atom. The molecule has 0 saturated carbocycles. The van der Waals surface area contributed by atoms with Crippen LogP contribution in [0.25, 0.3) is 0 Å². The van der Waals surface area contributed by atoms with Gasteiger partial charge in [0.2, 0.25) is 0 Å². The molecule has 3 heterocycles. The third kappa shape index (κ3) is 6.27. The van der Waals surface area contributed by atoms with Crippen LogP contribution in [-0.2, 0) is 18.8 Å². The van der Waals surface area contributed by atoms with Gasteiger partial charge < -0.3 is 19.4 Å². The zero-order chi connectivity index (χ0) is 21.2. The minimum atomic E-state index is -0.328. The van der Waals surface area contributed by atoms with E-state index in [9.17, 15) is 4.79 Å². The molecule has 2 aliphatic heterocycles. The summed E-state index contributed by atoms with van der Waals surface area (Å²) in [6, 6.07) is 0. The van der Waals surface area contributed by atoms with Crippen molar-refractivity contribution in [2.24, 2.45) is 0 Å². The van der Waals surface area contributed by atoms with Crippen LogP contribution >= 0.6 is 11.3 Å². The van der Waals surface area contributed by atoms with Crippen LogP contribution in [0, 0.1) is 0 Å². The molecule has 0 atom stereocenters. The van der Waals surface area contributed by atoms with Crippen molar-refractivity contribution in [3.63, 3.8) is 0 Å². The summed E-state index contributed by atoms with van der Waals surface area (Å²) >= 11 is 1.74. The number of thiazole rings is 1. The van der Waals surface area contributed by atoms with Crippen molar-refractivity contribution in [3.05, 3.63) is 10.4 Å². The minimum absolute atomic E-state index is 0.225. The highest BCUT2D eigenvalue weighted by Crippen LogP contribution is 2.37. The maximum Gasteiger partial charge on any atom is 0.515 e. The van der Waals surface area contributed by atoms with E-state index in [1.807, 2.05) is 20.8 Å². The second-order valence-corrected chi connectivity index (χ2v) is 10.3. The Bertz CT molecular complexity index is 647. The van der Waals surface area contributed by atoms with Crippen LogP contribution in [0.3, 0.4) is 0 Å². The van der Waals surface area contributed by atoms with Crippen LogP contribution in [0.4, 0.5) is 0 Å². The van der Waals surface area contributed by atoms with Gasteiger partial charge in [0.1, 0.15) is 5.60 Å². The highest BCUT2D eigenvalue weighted by molar-refractivity contribution is 7.10. The van der Waals surface area contributed by atoms with Crippen molar-refractivity contribution >= 4 is 30.0 Å². The Balaban J connectivity index is 0.000000300. The van der Waals surface area contributed by atoms with Gasteiger partial charge >= 0.3 is 13.1 Å². The van der Waals surface area contributed by atoms with Gasteiger partial charge in [-0.05, 0) is 74.4 Å². The molecule has 0 radical (unpaired) electrons. The van der Waals surface area contributed by atoms with Crippen LogP contribution < -0.4 is 10.9 Å². The van der Waals surface area contributed by atoms with Gasteiger partial charge in [0.05, 0.1) is 21.8 Å². The van der Waals surface area contributed by atoms with E-state index < -0.39 is 0 Å². The van der Waals surface area contributed by atoms with E-state index in [1.165, 1.54) is 24.8 Å². The lowest BCUT2D eigenvalue weighted by Gasteiger charge is -2.32. The zero-order valence-electron chi connectivity index (χ0n) is 18.5. The summed E-state index contributed by atoms with van der Waals surface area (Å²) in [4.78, 5) is 15.0. The number of hydrogen-bond acceptors (Lipinski definition) is 7. The van der Waals surface area contributed by atoms with Gasteiger partial charge in [-0.25, -0.2) is 4.98 Å². The van der Waals surface area contributed by atoms with Crippen LogP contribution in [0.15, 0.2) is 5.38 Å². The van der Waals surface area contributed by atoms with Gasteiger partial charge in [0.15, 0.2) is 0 Å². The number of piperidine rings is 1. The predicted molar refractivity (Wildman–Crippen MR) is 114 cm³/mol. The Kier molecular flexibility index (Phi) is 7.34. The first-order valence-corrected chi connectivity index (χ1v) is 10.9. The quantitative estimate of drug-likeness (QED) is 0.596. The number of nitrogens with zero attached hydrogens (tertiary/aromatic N) is 1. The Labute approximate surface area is 173 Å². The fourth-order valence-corrected chi connectivity index (χ4v) is 4.05. The van der Waals surface area contributed by atoms with Crippen LogP contribution in [0.2, 0.25) is 0 Å². The predicted octanol–water partition coefficient (Wildman–Crippen LogP) is 3.26. The summed E-state index contributed by atoms with van der Waals surface area (Å²) in [5.74, 6) is 0.370. The number of rotatable bonds is 2. The molecule has 3 rings (SSSR count). The number of nitrogens with one attached hydrogen (secondary N) is 1. The minimum Gasteiger partial charge on any atom is -0.460 e. The first-order valence-electron chi connectivity index (χ1n) is 10.0. The molecule has 0 aromatic carbocycles. The average Bonchev–Trinajstić information content (AvgIpc) is 3.10. The van der Waals surface area contributed by atoms with E-state index in [-0.39, 0.29) is 29.9 Å². The SMILES string of the molecule is CC(=O)OC(C)(C)C.CC1(C)OB(c2csc(C3CCNCC3)n2)OC1(C)C. The molecule has 0 amide bonds. The third-order valence-electron chi connectivity index (χ3n) is 5.17. The van der Waals surface area contributed by atoms with Crippen LogP contribution in [0.1, 0.15) is 79.2 Å². The lowest BCUT2D eigenvalue weighted by Crippen LogP contribution is -2.41. The van der Waals surface area contributed by atoms with E-state index in [1.54, 1.807) is 11.3 Å². The molecule has 1 N–H and O–H groups in total. The van der Waals surface area contributed by atoms with Crippen molar-refractivity contribution in [3.8, 4) is 0 Å². The van der Waals surface area contributed by atoms with Gasteiger partial charge in [-0.1, -0.05) is 0 Å². The lowest BCUT2D eigenvalue weighted by atomic mass is 9.86. The summed E-state index contributed by atoms with van der Waals surface area (Å²) < 4.78 is 16.9. The lowest BCUT2D eigenvalue weighted by molar-refractivity contribution is -0.151. The van der Waals surface area contributed by atoms with E-state index in [0.29, 0.717) is 5.92 Å². The Hall–Kier alpha value is -0.955. The molecule has 0 unspecified atom stereocenters. The number of esters is 1. The van der Waals surface area contributed by atoms with Crippen LogP contribution in [0.5, 0.6) is 0 Å². The number of aromatic nitrogens is 1. The molecule has 6 nitrogen and oxygen atoms in total. The molecule has 1 aromatic rings. The fourth-order valence-electron chi connectivity index (χ4n) is 3.06. The average molecular weight is 410 g/mol. The highest BCUT2D eigenvalue weighted by atomic mass is 32.1. The number of hydrogen-bond donors (Lipinski definition) is 1. The summed E-state index contributed by atoms with van der Waals surface area (Å²) in [5, 5.41) is 6.72. The second-order valence-electron chi connectivity index (χ2n) is 9.43. The van der Waals surface area contributed by atoms with Crippen molar-refractivity contribution in [2.45, 2.75) is 91.0 Å². The van der Waals surface area contributed by atoms with Crippen molar-refractivity contribution in [1.29, 1.82) is 0 Å². The fraction of sp³-hybridized carbons (Fsp3) is 0.800. The summed E-state index contributed by atoms with van der Waals surface area (Å²) in [7, 11) is -0.327. The summed E-state index contributed by atoms with van der Waals surface area (Å²) in [6.45, 7) is 17.4. The molecule has 158 valence electrons. The third-order valence-corrected chi connectivity index (χ3v) is 6.20. The smallest absolute Gasteiger partial charge is 0.460 e. The highest BCUT2D eigenvalue weighted by Gasteiger charge is 2.52. The van der Waals surface area contributed by atoms with Crippen molar-refractivity contribution < 1.29 is 18.8 Å². The van der Waals surface area contributed by atoms with E-state index >= 15 is 0 Å². The van der Waals surface area contributed by atoms with Gasteiger partial charge in [-0.3, -0.25) is 4.79 Å². The van der Waals surface area contributed by atoms with E-state index in [2.05, 4.69) is 38.4 Å². The molecule has 0 bridgehead atoms. The molecule has 2 aliphatic rings. The molecule has 2 saturated heterocycles. The van der Waals surface area contributed by atoms with Crippen molar-refractivity contribution in [1.82, 2.24) is 10.3 Å². The topological polar surface area (TPSA) is 69.7 Å². The normalized spacial score (nSPS) is 21.8. The molecular formula is C20H35BN2O4S. The van der Waals surface area contributed by atoms with Gasteiger partial charge in [-0.2, -0.15) is 0 Å². The molecule has 1 aromatic heterocycles. The molecule has 0 spiro atoms. The Morgan fingerprint density at radius 3 is 2.18 bits per heavy atom. The molecule has 2 fully saturated rings. The van der Waals surface area contributed by atoms with Gasteiger partial charge in [0, 0.05) is 18.2 Å².